The van der Waals surface area contributed by atoms with Crippen molar-refractivity contribution in [2.24, 2.45) is 5.41 Å². The molecule has 1 spiro atoms. The second kappa shape index (κ2) is 6.90. The molecule has 1 aliphatic carbocycles. The van der Waals surface area contributed by atoms with Gasteiger partial charge in [-0.2, -0.15) is 5.10 Å². The van der Waals surface area contributed by atoms with Crippen LogP contribution >= 0.6 is 0 Å². The van der Waals surface area contributed by atoms with E-state index in [9.17, 15) is 9.59 Å². The number of fused-ring (bicyclic) bond motifs is 1. The van der Waals surface area contributed by atoms with E-state index in [1.165, 1.54) is 30.4 Å². The Kier molecular flexibility index (Phi) is 4.33. The van der Waals surface area contributed by atoms with Crippen LogP contribution in [0, 0.1) is 12.3 Å². The molecular formula is C22H26N4O3. The summed E-state index contributed by atoms with van der Waals surface area (Å²) in [5, 5.41) is 7.41. The van der Waals surface area contributed by atoms with E-state index in [0.29, 0.717) is 17.7 Å². The van der Waals surface area contributed by atoms with E-state index >= 15 is 0 Å². The van der Waals surface area contributed by atoms with Crippen LogP contribution in [0.2, 0.25) is 0 Å². The summed E-state index contributed by atoms with van der Waals surface area (Å²) in [6.07, 6.45) is 5.97. The molecule has 2 aromatic rings. The average molecular weight is 394 g/mol. The van der Waals surface area contributed by atoms with Crippen molar-refractivity contribution in [2.45, 2.75) is 45.6 Å². The van der Waals surface area contributed by atoms with Crippen molar-refractivity contribution in [1.82, 2.24) is 9.78 Å². The molecule has 0 radical (unpaired) electrons. The smallest absolute Gasteiger partial charge is 0.267 e. The molecule has 1 N–H and O–H groups in total. The Morgan fingerprint density at radius 2 is 2.14 bits per heavy atom. The lowest BCUT2D eigenvalue weighted by atomic mass is 9.68. The maximum atomic E-state index is 12.5. The Balaban J connectivity index is 1.31. The summed E-state index contributed by atoms with van der Waals surface area (Å²) >= 11 is 0. The number of aromatic nitrogens is 2. The average Bonchev–Trinajstić information content (AvgIpc) is 3.30. The van der Waals surface area contributed by atoms with Gasteiger partial charge in [-0.05, 0) is 48.8 Å². The number of hydrogen-bond acceptors (Lipinski definition) is 5. The lowest BCUT2D eigenvalue weighted by molar-refractivity contribution is -0.117. The Morgan fingerprint density at radius 1 is 1.28 bits per heavy atom. The molecular weight excluding hydrogens is 368 g/mol. The van der Waals surface area contributed by atoms with Crippen molar-refractivity contribution >= 4 is 17.4 Å². The fraction of sp³-hybridized carbons (Fsp3) is 0.500. The molecule has 7 nitrogen and oxygen atoms in total. The van der Waals surface area contributed by atoms with Crippen molar-refractivity contribution in [3.8, 4) is 5.75 Å². The van der Waals surface area contributed by atoms with E-state index in [-0.39, 0.29) is 18.0 Å². The number of carbonyl (C=O) groups is 1. The molecule has 29 heavy (non-hydrogen) atoms. The molecule has 1 saturated heterocycles. The zero-order valence-electron chi connectivity index (χ0n) is 16.7. The number of nitrogens with one attached hydrogen (secondary N) is 1. The van der Waals surface area contributed by atoms with Gasteiger partial charge in [0.25, 0.3) is 5.56 Å². The van der Waals surface area contributed by atoms with E-state index in [4.69, 9.17) is 4.74 Å². The van der Waals surface area contributed by atoms with Crippen LogP contribution in [-0.4, -0.2) is 35.4 Å². The molecule has 3 aliphatic rings. The Morgan fingerprint density at radius 3 is 2.90 bits per heavy atom. The van der Waals surface area contributed by atoms with Crippen molar-refractivity contribution in [3.63, 3.8) is 0 Å². The molecule has 2 fully saturated rings. The number of aryl methyl sites for hydroxylation is 1. The Labute approximate surface area is 169 Å². The summed E-state index contributed by atoms with van der Waals surface area (Å²) in [7, 11) is 0. The molecule has 0 bridgehead atoms. The van der Waals surface area contributed by atoms with Crippen LogP contribution in [0.3, 0.4) is 0 Å². The van der Waals surface area contributed by atoms with Crippen LogP contribution in [0.25, 0.3) is 0 Å². The van der Waals surface area contributed by atoms with Gasteiger partial charge in [-0.3, -0.25) is 9.59 Å². The molecule has 1 aromatic heterocycles. The first-order valence-electron chi connectivity index (χ1n) is 10.4. The third kappa shape index (κ3) is 3.39. The molecule has 2 aliphatic heterocycles. The molecule has 7 heteroatoms. The lowest BCUT2D eigenvalue weighted by Gasteiger charge is -2.38. The van der Waals surface area contributed by atoms with Crippen LogP contribution < -0.4 is 20.5 Å². The summed E-state index contributed by atoms with van der Waals surface area (Å²) in [6.45, 7) is 4.46. The number of benzene rings is 1. The van der Waals surface area contributed by atoms with E-state index in [0.717, 1.165) is 42.2 Å². The molecule has 0 unspecified atom stereocenters. The zero-order chi connectivity index (χ0) is 20.0. The Hall–Kier alpha value is -2.83. The van der Waals surface area contributed by atoms with Crippen molar-refractivity contribution in [2.75, 3.05) is 29.9 Å². The van der Waals surface area contributed by atoms with E-state index < -0.39 is 0 Å². The summed E-state index contributed by atoms with van der Waals surface area (Å²) in [6, 6.07) is 7.25. The van der Waals surface area contributed by atoms with Crippen molar-refractivity contribution in [1.29, 1.82) is 0 Å². The van der Waals surface area contributed by atoms with Gasteiger partial charge >= 0.3 is 0 Å². The number of anilines is 2. The molecule has 0 atom stereocenters. The van der Waals surface area contributed by atoms with Gasteiger partial charge < -0.3 is 15.0 Å². The van der Waals surface area contributed by atoms with Gasteiger partial charge in [-0.1, -0.05) is 12.5 Å². The van der Waals surface area contributed by atoms with E-state index in [2.05, 4.69) is 15.3 Å². The fourth-order valence-corrected chi connectivity index (χ4v) is 4.77. The zero-order valence-corrected chi connectivity index (χ0v) is 16.7. The molecule has 1 amide bonds. The third-order valence-electron chi connectivity index (χ3n) is 6.59. The number of rotatable bonds is 4. The highest BCUT2D eigenvalue weighted by molar-refractivity contribution is 5.90. The second-order valence-electron chi connectivity index (χ2n) is 8.64. The van der Waals surface area contributed by atoms with E-state index in [1.807, 2.05) is 25.1 Å². The van der Waals surface area contributed by atoms with Gasteiger partial charge in [0.2, 0.25) is 5.91 Å². The van der Waals surface area contributed by atoms with Crippen LogP contribution in [0.1, 0.15) is 36.8 Å². The maximum Gasteiger partial charge on any atom is 0.267 e. The normalized spacial score (nSPS) is 19.0. The predicted molar refractivity (Wildman–Crippen MR) is 111 cm³/mol. The van der Waals surface area contributed by atoms with Crippen LogP contribution in [0.15, 0.2) is 29.1 Å². The first-order valence-corrected chi connectivity index (χ1v) is 10.4. The minimum atomic E-state index is -0.274. The number of hydrogen-bond donors (Lipinski definition) is 1. The monoisotopic (exact) mass is 394 g/mol. The highest BCUT2D eigenvalue weighted by Gasteiger charge is 2.43. The number of nitrogens with zero attached hydrogens (tertiary/aromatic N) is 3. The molecule has 3 heterocycles. The molecule has 1 saturated carbocycles. The van der Waals surface area contributed by atoms with Gasteiger partial charge in [-0.15, -0.1) is 0 Å². The van der Waals surface area contributed by atoms with E-state index in [1.54, 1.807) is 6.07 Å². The largest absolute Gasteiger partial charge is 0.493 e. The second-order valence-corrected chi connectivity index (χ2v) is 8.64. The summed E-state index contributed by atoms with van der Waals surface area (Å²) in [5.41, 5.74) is 2.89. The third-order valence-corrected chi connectivity index (χ3v) is 6.59. The van der Waals surface area contributed by atoms with Crippen LogP contribution in [-0.2, 0) is 17.8 Å². The van der Waals surface area contributed by atoms with Crippen LogP contribution in [0.5, 0.6) is 5.75 Å². The number of ether oxygens (including phenoxy) is 1. The highest BCUT2D eigenvalue weighted by Crippen LogP contribution is 2.48. The molecule has 5 rings (SSSR count). The first-order chi connectivity index (χ1) is 14.0. The summed E-state index contributed by atoms with van der Waals surface area (Å²) in [4.78, 5) is 27.2. The predicted octanol–water partition coefficient (Wildman–Crippen LogP) is 2.51. The molecule has 152 valence electrons. The van der Waals surface area contributed by atoms with Gasteiger partial charge in [-0.25, -0.2) is 4.68 Å². The number of amides is 1. The minimum absolute atomic E-state index is 0.108. The fourth-order valence-electron chi connectivity index (χ4n) is 4.77. The SMILES string of the molecule is Cc1cc(=O)n(CC(=O)Nc2ccc3c(c2)OCC3)nc1N1CCC2(CCC2)C1. The van der Waals surface area contributed by atoms with Gasteiger partial charge in [0, 0.05) is 37.3 Å². The lowest BCUT2D eigenvalue weighted by Crippen LogP contribution is -2.35. The topological polar surface area (TPSA) is 76.5 Å². The van der Waals surface area contributed by atoms with Gasteiger partial charge in [0.1, 0.15) is 12.3 Å². The van der Waals surface area contributed by atoms with Crippen molar-refractivity contribution in [3.05, 3.63) is 45.7 Å². The maximum absolute atomic E-state index is 12.5. The summed E-state index contributed by atoms with van der Waals surface area (Å²) in [5.74, 6) is 1.37. The standard InChI is InChI=1S/C22H26N4O3/c1-15-11-20(28)26(24-21(15)25-9-8-22(14-25)6-2-7-22)13-19(27)23-17-4-3-16-5-10-29-18(16)12-17/h3-4,11-12H,2,5-10,13-14H2,1H3,(H,23,27). The Bertz CT molecular complexity index is 1030. The van der Waals surface area contributed by atoms with Gasteiger partial charge in [0.15, 0.2) is 5.82 Å². The highest BCUT2D eigenvalue weighted by atomic mass is 16.5. The van der Waals surface area contributed by atoms with Crippen LogP contribution in [0.4, 0.5) is 11.5 Å². The quantitative estimate of drug-likeness (QED) is 0.862. The molecule has 1 aromatic carbocycles. The number of carbonyl (C=O) groups excluding carboxylic acids is 1. The first kappa shape index (κ1) is 18.2. The summed E-state index contributed by atoms with van der Waals surface area (Å²) < 4.78 is 6.82. The minimum Gasteiger partial charge on any atom is -0.493 e. The van der Waals surface area contributed by atoms with Crippen molar-refractivity contribution < 1.29 is 9.53 Å². The van der Waals surface area contributed by atoms with Gasteiger partial charge in [0.05, 0.1) is 6.61 Å².